The van der Waals surface area contributed by atoms with Gasteiger partial charge in [-0.1, -0.05) is 0 Å². The molecule has 1 aromatic rings. The minimum absolute atomic E-state index is 0.347. The molecule has 0 saturated carbocycles. The molecule has 1 rings (SSSR count). The van der Waals surface area contributed by atoms with E-state index < -0.39 is 28.5 Å². The lowest BCUT2D eigenvalue weighted by atomic mass is 10.4. The Balaban J connectivity index is 3.17. The second kappa shape index (κ2) is 5.42. The summed E-state index contributed by atoms with van der Waals surface area (Å²) in [6.45, 7) is -0.710. The predicted octanol–water partition coefficient (Wildman–Crippen LogP) is -0.365. The van der Waals surface area contributed by atoms with Gasteiger partial charge in [0.2, 0.25) is 10.0 Å². The van der Waals surface area contributed by atoms with Gasteiger partial charge >= 0.3 is 11.9 Å². The number of rotatable bonds is 5. The number of methoxy groups -OCH3 is 1. The second-order valence-corrected chi connectivity index (χ2v) is 5.82. The smallest absolute Gasteiger partial charge is 0.359 e. The lowest BCUT2D eigenvalue weighted by molar-refractivity contribution is -0.137. The Hall–Kier alpha value is -1.52. The van der Waals surface area contributed by atoms with Crippen LogP contribution in [0.25, 0.3) is 0 Å². The van der Waals surface area contributed by atoms with Crippen molar-refractivity contribution < 1.29 is 27.9 Å². The first-order valence-electron chi connectivity index (χ1n) is 4.51. The molecule has 18 heavy (non-hydrogen) atoms. The van der Waals surface area contributed by atoms with Crippen molar-refractivity contribution in [2.45, 2.75) is 4.90 Å². The summed E-state index contributed by atoms with van der Waals surface area (Å²) in [6.07, 6.45) is 0. The van der Waals surface area contributed by atoms with E-state index in [0.717, 1.165) is 31.1 Å². The van der Waals surface area contributed by atoms with Crippen LogP contribution in [-0.4, -0.2) is 54.8 Å². The van der Waals surface area contributed by atoms with Gasteiger partial charge in [-0.15, -0.1) is 0 Å². The molecule has 0 radical (unpaired) electrons. The van der Waals surface area contributed by atoms with E-state index >= 15 is 0 Å². The first-order chi connectivity index (χ1) is 8.30. The van der Waals surface area contributed by atoms with Crippen LogP contribution in [0.1, 0.15) is 10.5 Å². The van der Waals surface area contributed by atoms with E-state index in [1.165, 1.54) is 0 Å². The third-order valence-corrected chi connectivity index (χ3v) is 4.56. The maximum absolute atomic E-state index is 12.0. The van der Waals surface area contributed by atoms with Crippen molar-refractivity contribution >= 4 is 33.5 Å². The van der Waals surface area contributed by atoms with Crippen LogP contribution >= 0.6 is 11.5 Å². The van der Waals surface area contributed by atoms with Crippen LogP contribution in [-0.2, 0) is 19.6 Å². The number of carbonyl (C=O) groups excluding carboxylic acids is 1. The van der Waals surface area contributed by atoms with Crippen LogP contribution in [0.5, 0.6) is 0 Å². The second-order valence-electron chi connectivity index (χ2n) is 3.17. The topological polar surface area (TPSA) is 114 Å². The van der Waals surface area contributed by atoms with E-state index in [4.69, 9.17) is 5.11 Å². The van der Waals surface area contributed by atoms with Crippen LogP contribution < -0.4 is 0 Å². The molecule has 0 aliphatic heterocycles. The van der Waals surface area contributed by atoms with Crippen LogP contribution in [0.2, 0.25) is 0 Å². The molecule has 0 spiro atoms. The molecule has 0 bridgehead atoms. The summed E-state index contributed by atoms with van der Waals surface area (Å²) in [5.74, 6) is -2.19. The van der Waals surface area contributed by atoms with E-state index in [0.29, 0.717) is 4.31 Å². The summed E-state index contributed by atoms with van der Waals surface area (Å²) < 4.78 is 32.6. The number of esters is 1. The monoisotopic (exact) mass is 294 g/mol. The van der Waals surface area contributed by atoms with Gasteiger partial charge in [-0.2, -0.15) is 8.68 Å². The average molecular weight is 294 g/mol. The molecular weight excluding hydrogens is 284 g/mol. The van der Waals surface area contributed by atoms with Gasteiger partial charge in [0.05, 0.1) is 7.11 Å². The molecule has 8 nitrogen and oxygen atoms in total. The number of carbonyl (C=O) groups is 2. The molecule has 0 aromatic carbocycles. The van der Waals surface area contributed by atoms with E-state index in [9.17, 15) is 18.0 Å². The minimum Gasteiger partial charge on any atom is -0.480 e. The Morgan fingerprint density at radius 1 is 1.56 bits per heavy atom. The van der Waals surface area contributed by atoms with E-state index in [2.05, 4.69) is 9.11 Å². The van der Waals surface area contributed by atoms with E-state index in [-0.39, 0.29) is 10.6 Å². The molecule has 1 N–H and O–H groups in total. The molecule has 1 heterocycles. The molecule has 10 heteroatoms. The third kappa shape index (κ3) is 2.83. The van der Waals surface area contributed by atoms with Gasteiger partial charge in [0.1, 0.15) is 11.4 Å². The highest BCUT2D eigenvalue weighted by atomic mass is 32.2. The normalized spacial score (nSPS) is 11.5. The van der Waals surface area contributed by atoms with Gasteiger partial charge in [0.15, 0.2) is 5.69 Å². The van der Waals surface area contributed by atoms with Crippen molar-refractivity contribution in [3.63, 3.8) is 0 Å². The summed E-state index contributed by atoms with van der Waals surface area (Å²) in [4.78, 5) is 21.4. The average Bonchev–Trinajstić information content (AvgIpc) is 2.76. The Morgan fingerprint density at radius 2 is 2.17 bits per heavy atom. The van der Waals surface area contributed by atoms with Crippen LogP contribution in [0.3, 0.4) is 0 Å². The molecule has 0 aliphatic rings. The molecule has 0 fully saturated rings. The number of hydrogen-bond donors (Lipinski definition) is 1. The largest absolute Gasteiger partial charge is 0.480 e. The first kappa shape index (κ1) is 14.5. The summed E-state index contributed by atoms with van der Waals surface area (Å²) in [5, 5.41) is 9.71. The predicted molar refractivity (Wildman–Crippen MR) is 60.9 cm³/mol. The number of ether oxygens (including phenoxy) is 1. The summed E-state index contributed by atoms with van der Waals surface area (Å²) in [5.41, 5.74) is -0.347. The molecule has 0 amide bonds. The Bertz CT molecular complexity index is 564. The van der Waals surface area contributed by atoms with Crippen molar-refractivity contribution in [2.75, 3.05) is 20.7 Å². The number of carboxylic acids is 1. The quantitative estimate of drug-likeness (QED) is 0.737. The Labute approximate surface area is 107 Å². The number of sulfonamides is 1. The highest BCUT2D eigenvalue weighted by molar-refractivity contribution is 7.89. The van der Waals surface area contributed by atoms with Gasteiger partial charge in [0.25, 0.3) is 0 Å². The maximum atomic E-state index is 12.0. The maximum Gasteiger partial charge on any atom is 0.359 e. The molecule has 0 aliphatic carbocycles. The van der Waals surface area contributed by atoms with Crippen LogP contribution in [0.15, 0.2) is 10.3 Å². The number of carboxylic acid groups (broad SMARTS) is 1. The van der Waals surface area contributed by atoms with Crippen molar-refractivity contribution in [3.05, 3.63) is 11.1 Å². The summed E-state index contributed by atoms with van der Waals surface area (Å²) in [7, 11) is -1.88. The minimum atomic E-state index is -4.08. The lowest BCUT2D eigenvalue weighted by Gasteiger charge is -2.13. The number of aliphatic carboxylic acids is 1. The third-order valence-electron chi connectivity index (χ3n) is 1.96. The zero-order valence-corrected chi connectivity index (χ0v) is 11.1. The van der Waals surface area contributed by atoms with Crippen molar-refractivity contribution in [3.8, 4) is 0 Å². The van der Waals surface area contributed by atoms with Gasteiger partial charge < -0.3 is 9.84 Å². The molecular formula is C8H10N2O6S2. The van der Waals surface area contributed by atoms with Gasteiger partial charge in [-0.05, 0) is 11.5 Å². The zero-order valence-electron chi connectivity index (χ0n) is 9.48. The zero-order chi connectivity index (χ0) is 13.9. The van der Waals surface area contributed by atoms with Gasteiger partial charge in [0, 0.05) is 12.4 Å². The molecule has 0 saturated heterocycles. The van der Waals surface area contributed by atoms with E-state index in [1.807, 2.05) is 0 Å². The van der Waals surface area contributed by atoms with E-state index in [1.54, 1.807) is 0 Å². The van der Waals surface area contributed by atoms with Crippen LogP contribution in [0.4, 0.5) is 0 Å². The lowest BCUT2D eigenvalue weighted by Crippen LogP contribution is -2.32. The SMILES string of the molecule is COC(=O)c1nscc1S(=O)(=O)N(C)CC(=O)O. The number of hydrogen-bond acceptors (Lipinski definition) is 7. The fraction of sp³-hybridized carbons (Fsp3) is 0.375. The van der Waals surface area contributed by atoms with Gasteiger partial charge in [-0.25, -0.2) is 13.2 Å². The molecule has 100 valence electrons. The van der Waals surface area contributed by atoms with Crippen molar-refractivity contribution in [2.24, 2.45) is 0 Å². The Kier molecular flexibility index (Phi) is 4.38. The molecule has 0 atom stereocenters. The molecule has 1 aromatic heterocycles. The first-order valence-corrected chi connectivity index (χ1v) is 6.79. The van der Waals surface area contributed by atoms with Crippen LogP contribution in [0, 0.1) is 0 Å². The van der Waals surface area contributed by atoms with Gasteiger partial charge in [-0.3, -0.25) is 4.79 Å². The number of nitrogens with zero attached hydrogens (tertiary/aromatic N) is 2. The fourth-order valence-corrected chi connectivity index (χ4v) is 3.29. The Morgan fingerprint density at radius 3 is 2.67 bits per heavy atom. The molecule has 0 unspecified atom stereocenters. The summed E-state index contributed by atoms with van der Waals surface area (Å²) >= 11 is 0.769. The summed E-state index contributed by atoms with van der Waals surface area (Å²) in [6, 6.07) is 0. The fourth-order valence-electron chi connectivity index (χ4n) is 1.09. The number of aromatic nitrogens is 1. The van der Waals surface area contributed by atoms with Crippen molar-refractivity contribution in [1.29, 1.82) is 0 Å². The highest BCUT2D eigenvalue weighted by Crippen LogP contribution is 2.21. The van der Waals surface area contributed by atoms with Crippen molar-refractivity contribution in [1.82, 2.24) is 8.68 Å². The standard InChI is InChI=1S/C8H10N2O6S2/c1-10(3-6(11)12)18(14,15)5-4-17-9-7(5)8(13)16-2/h4H,3H2,1-2H3,(H,11,12). The highest BCUT2D eigenvalue weighted by Gasteiger charge is 2.30. The number of likely N-dealkylation sites (N-methyl/N-ethyl adjacent to an activating group) is 1.